The number of thioether (sulfide) groups is 1. The highest BCUT2D eigenvalue weighted by molar-refractivity contribution is 7.99. The molecule has 1 atom stereocenters. The van der Waals surface area contributed by atoms with E-state index in [9.17, 15) is 5.11 Å². The average Bonchev–Trinajstić information content (AvgIpc) is 2.27. The third kappa shape index (κ3) is 4.04. The number of aliphatic hydroxyl groups is 1. The maximum Gasteiger partial charge on any atom is 0.121 e. The number of benzene rings is 1. The monoisotopic (exact) mass is 241 g/mol. The lowest BCUT2D eigenvalue weighted by Gasteiger charge is -2.10. The smallest absolute Gasteiger partial charge is 0.121 e. The maximum atomic E-state index is 9.57. The molecule has 16 heavy (non-hydrogen) atoms. The molecule has 0 aliphatic heterocycles. The van der Waals surface area contributed by atoms with Crippen molar-refractivity contribution in [1.29, 1.82) is 0 Å². The molecule has 3 nitrogen and oxygen atoms in total. The standard InChI is InChI=1S/C12H19NO2S/c1-9-6-11(4-5-12(9)15-3)16-8-10(14)7-13-2/h4-6,10,13-14H,7-8H2,1-3H3. The minimum atomic E-state index is -0.308. The number of hydrogen-bond donors (Lipinski definition) is 2. The number of nitrogens with one attached hydrogen (secondary N) is 1. The van der Waals surface area contributed by atoms with Crippen molar-refractivity contribution in [2.45, 2.75) is 17.9 Å². The summed E-state index contributed by atoms with van der Waals surface area (Å²) < 4.78 is 5.20. The van der Waals surface area contributed by atoms with Gasteiger partial charge in [-0.1, -0.05) is 0 Å². The Kier molecular flexibility index (Phi) is 5.66. The van der Waals surface area contributed by atoms with E-state index in [1.807, 2.05) is 26.1 Å². The van der Waals surface area contributed by atoms with Crippen LogP contribution in [0.2, 0.25) is 0 Å². The molecular formula is C12H19NO2S. The van der Waals surface area contributed by atoms with Crippen molar-refractivity contribution in [3.8, 4) is 5.75 Å². The summed E-state index contributed by atoms with van der Waals surface area (Å²) in [6.45, 7) is 2.65. The molecule has 1 aromatic rings. The molecule has 0 radical (unpaired) electrons. The summed E-state index contributed by atoms with van der Waals surface area (Å²) in [6.07, 6.45) is -0.308. The predicted molar refractivity (Wildman–Crippen MR) is 68.4 cm³/mol. The molecule has 0 bridgehead atoms. The van der Waals surface area contributed by atoms with Crippen LogP contribution in [0.25, 0.3) is 0 Å². The molecule has 0 saturated heterocycles. The van der Waals surface area contributed by atoms with Gasteiger partial charge in [-0.3, -0.25) is 0 Å². The Bertz CT molecular complexity index is 331. The van der Waals surface area contributed by atoms with E-state index in [0.29, 0.717) is 12.3 Å². The SMILES string of the molecule is CNCC(O)CSc1ccc(OC)c(C)c1. The van der Waals surface area contributed by atoms with Crippen LogP contribution in [0.4, 0.5) is 0 Å². The van der Waals surface area contributed by atoms with Crippen LogP contribution < -0.4 is 10.1 Å². The Hall–Kier alpha value is -0.710. The fourth-order valence-electron chi connectivity index (χ4n) is 1.43. The van der Waals surface area contributed by atoms with Gasteiger partial charge in [-0.05, 0) is 37.7 Å². The predicted octanol–water partition coefficient (Wildman–Crippen LogP) is 1.68. The van der Waals surface area contributed by atoms with E-state index in [2.05, 4.69) is 11.4 Å². The second-order valence-corrected chi connectivity index (χ2v) is 4.75. The van der Waals surface area contributed by atoms with Gasteiger partial charge in [0.15, 0.2) is 0 Å². The molecule has 0 aromatic heterocycles. The number of ether oxygens (including phenoxy) is 1. The van der Waals surface area contributed by atoms with E-state index >= 15 is 0 Å². The minimum absolute atomic E-state index is 0.308. The van der Waals surface area contributed by atoms with Gasteiger partial charge < -0.3 is 15.2 Å². The zero-order valence-electron chi connectivity index (χ0n) is 9.99. The topological polar surface area (TPSA) is 41.5 Å². The largest absolute Gasteiger partial charge is 0.496 e. The Morgan fingerprint density at radius 2 is 2.25 bits per heavy atom. The minimum Gasteiger partial charge on any atom is -0.496 e. The van der Waals surface area contributed by atoms with Gasteiger partial charge in [-0.15, -0.1) is 11.8 Å². The van der Waals surface area contributed by atoms with Crippen molar-refractivity contribution in [3.63, 3.8) is 0 Å². The van der Waals surface area contributed by atoms with Crippen LogP contribution in [-0.2, 0) is 0 Å². The zero-order chi connectivity index (χ0) is 12.0. The van der Waals surface area contributed by atoms with Gasteiger partial charge in [-0.2, -0.15) is 0 Å². The van der Waals surface area contributed by atoms with Crippen LogP contribution in [0.1, 0.15) is 5.56 Å². The van der Waals surface area contributed by atoms with Crippen LogP contribution in [0.5, 0.6) is 5.75 Å². The molecule has 1 unspecified atom stereocenters. The quantitative estimate of drug-likeness (QED) is 0.744. The van der Waals surface area contributed by atoms with Crippen molar-refractivity contribution in [2.24, 2.45) is 0 Å². The van der Waals surface area contributed by atoms with E-state index in [4.69, 9.17) is 4.74 Å². The van der Waals surface area contributed by atoms with E-state index < -0.39 is 0 Å². The molecule has 1 rings (SSSR count). The summed E-state index contributed by atoms with van der Waals surface area (Å²) in [5.74, 6) is 1.60. The molecule has 1 aromatic carbocycles. The summed E-state index contributed by atoms with van der Waals surface area (Å²) in [4.78, 5) is 1.16. The molecular weight excluding hydrogens is 222 g/mol. The molecule has 0 aliphatic rings. The average molecular weight is 241 g/mol. The van der Waals surface area contributed by atoms with Crippen LogP contribution in [0.3, 0.4) is 0 Å². The summed E-state index contributed by atoms with van der Waals surface area (Å²) in [5.41, 5.74) is 1.12. The van der Waals surface area contributed by atoms with Crippen molar-refractivity contribution in [3.05, 3.63) is 23.8 Å². The number of hydrogen-bond acceptors (Lipinski definition) is 4. The van der Waals surface area contributed by atoms with Gasteiger partial charge in [0.05, 0.1) is 13.2 Å². The van der Waals surface area contributed by atoms with E-state index in [1.54, 1.807) is 18.9 Å². The number of methoxy groups -OCH3 is 1. The highest BCUT2D eigenvalue weighted by atomic mass is 32.2. The molecule has 2 N–H and O–H groups in total. The first kappa shape index (κ1) is 13.4. The first-order valence-corrected chi connectivity index (χ1v) is 6.26. The lowest BCUT2D eigenvalue weighted by molar-refractivity contribution is 0.199. The first-order chi connectivity index (χ1) is 7.67. The van der Waals surface area contributed by atoms with Crippen molar-refractivity contribution < 1.29 is 9.84 Å². The summed E-state index contributed by atoms with van der Waals surface area (Å²) >= 11 is 1.66. The molecule has 0 heterocycles. The fraction of sp³-hybridized carbons (Fsp3) is 0.500. The zero-order valence-corrected chi connectivity index (χ0v) is 10.8. The highest BCUT2D eigenvalue weighted by Crippen LogP contribution is 2.25. The Balaban J connectivity index is 2.51. The van der Waals surface area contributed by atoms with Gasteiger partial charge >= 0.3 is 0 Å². The Labute approximate surface area is 101 Å². The fourth-order valence-corrected chi connectivity index (χ4v) is 2.35. The van der Waals surface area contributed by atoms with Crippen LogP contribution in [-0.4, -0.2) is 37.7 Å². The third-order valence-electron chi connectivity index (χ3n) is 2.25. The van der Waals surface area contributed by atoms with Crippen molar-refractivity contribution in [2.75, 3.05) is 26.5 Å². The van der Waals surface area contributed by atoms with Crippen molar-refractivity contribution >= 4 is 11.8 Å². The lowest BCUT2D eigenvalue weighted by atomic mass is 10.2. The summed E-state index contributed by atoms with van der Waals surface area (Å²) in [7, 11) is 3.51. The van der Waals surface area contributed by atoms with Crippen LogP contribution >= 0.6 is 11.8 Å². The second-order valence-electron chi connectivity index (χ2n) is 3.65. The van der Waals surface area contributed by atoms with E-state index in [-0.39, 0.29) is 6.10 Å². The molecule has 4 heteroatoms. The van der Waals surface area contributed by atoms with Crippen LogP contribution in [0.15, 0.2) is 23.1 Å². The number of aryl methyl sites for hydroxylation is 1. The molecule has 0 amide bonds. The van der Waals surface area contributed by atoms with Gasteiger partial charge in [0, 0.05) is 17.2 Å². The van der Waals surface area contributed by atoms with Gasteiger partial charge in [0.2, 0.25) is 0 Å². The third-order valence-corrected chi connectivity index (χ3v) is 3.39. The number of rotatable bonds is 6. The Morgan fingerprint density at radius 1 is 1.50 bits per heavy atom. The number of likely N-dealkylation sites (N-methyl/N-ethyl adjacent to an activating group) is 1. The first-order valence-electron chi connectivity index (χ1n) is 5.27. The second kappa shape index (κ2) is 6.78. The molecule has 0 fully saturated rings. The maximum absolute atomic E-state index is 9.57. The molecule has 0 spiro atoms. The normalized spacial score (nSPS) is 12.5. The van der Waals surface area contributed by atoms with Crippen molar-refractivity contribution in [1.82, 2.24) is 5.32 Å². The van der Waals surface area contributed by atoms with Crippen LogP contribution in [0, 0.1) is 6.92 Å². The molecule has 0 saturated carbocycles. The van der Waals surface area contributed by atoms with E-state index in [1.165, 1.54) is 0 Å². The molecule has 90 valence electrons. The Morgan fingerprint density at radius 3 is 2.81 bits per heavy atom. The van der Waals surface area contributed by atoms with E-state index in [0.717, 1.165) is 16.2 Å². The lowest BCUT2D eigenvalue weighted by Crippen LogP contribution is -2.25. The number of aliphatic hydroxyl groups excluding tert-OH is 1. The highest BCUT2D eigenvalue weighted by Gasteiger charge is 2.05. The van der Waals surface area contributed by atoms with Gasteiger partial charge in [-0.25, -0.2) is 0 Å². The summed E-state index contributed by atoms with van der Waals surface area (Å²) in [6, 6.07) is 6.06. The summed E-state index contributed by atoms with van der Waals surface area (Å²) in [5, 5.41) is 12.5. The van der Waals surface area contributed by atoms with Gasteiger partial charge in [0.1, 0.15) is 5.75 Å². The molecule has 0 aliphatic carbocycles. The van der Waals surface area contributed by atoms with Gasteiger partial charge in [0.25, 0.3) is 0 Å².